The maximum absolute atomic E-state index is 12.3. The molecule has 10 heteroatoms. The van der Waals surface area contributed by atoms with Gasteiger partial charge in [0.1, 0.15) is 5.82 Å². The summed E-state index contributed by atoms with van der Waals surface area (Å²) >= 11 is 1.75. The molecule has 3 aliphatic heterocycles. The number of carbonyl (C=O) groups excluding carboxylic acids is 1. The van der Waals surface area contributed by atoms with Gasteiger partial charge in [0, 0.05) is 49.0 Å². The van der Waals surface area contributed by atoms with E-state index in [1.807, 2.05) is 12.5 Å². The quantitative estimate of drug-likeness (QED) is 0.383. The standard InChI is InChI=1S/C27H30N6O2.C7H15N.C2H6S/c1-3-25(34)33-16-15-32(17-20(33)11-13-28)26-22-12-14-31(18-23(22)29-27(30-26)35-2)24-10-6-8-19-7-4-5-9-21(19)24;1-7(2)8-5-3-4-6-8;1-3-2/h3-5,7,9-10,20H,1,6,8,11-12,14-18H2,2H3;7H,3-6H2,1-2H3;1-2H3. The number of anilines is 1. The van der Waals surface area contributed by atoms with E-state index in [9.17, 15) is 10.1 Å². The van der Waals surface area contributed by atoms with Crippen molar-refractivity contribution in [2.45, 2.75) is 71.0 Å². The number of nitriles is 1. The number of nitrogens with zero attached hydrogens (tertiary/aromatic N) is 7. The predicted molar refractivity (Wildman–Crippen MR) is 189 cm³/mol. The first-order chi connectivity index (χ1) is 22.3. The van der Waals surface area contributed by atoms with E-state index in [2.05, 4.69) is 71.5 Å². The number of piperazine rings is 1. The van der Waals surface area contributed by atoms with Crippen LogP contribution >= 0.6 is 11.8 Å². The van der Waals surface area contributed by atoms with Crippen molar-refractivity contribution in [3.63, 3.8) is 0 Å². The van der Waals surface area contributed by atoms with Gasteiger partial charge in [-0.3, -0.25) is 4.79 Å². The van der Waals surface area contributed by atoms with E-state index in [1.165, 1.54) is 48.8 Å². The Hall–Kier alpha value is -3.55. The van der Waals surface area contributed by atoms with Gasteiger partial charge in [0.15, 0.2) is 0 Å². The summed E-state index contributed by atoms with van der Waals surface area (Å²) in [6.45, 7) is 14.1. The molecule has 0 radical (unpaired) electrons. The summed E-state index contributed by atoms with van der Waals surface area (Å²) in [6.07, 6.45) is 13.8. The topological polar surface area (TPSA) is 88.8 Å². The molecule has 1 amide bonds. The van der Waals surface area contributed by atoms with E-state index in [0.717, 1.165) is 48.9 Å². The summed E-state index contributed by atoms with van der Waals surface area (Å²) in [6, 6.07) is 11.8. The normalized spacial score (nSPS) is 19.0. The molecular weight excluding hydrogens is 595 g/mol. The Morgan fingerprint density at radius 1 is 1.11 bits per heavy atom. The van der Waals surface area contributed by atoms with Crippen molar-refractivity contribution in [2.24, 2.45) is 0 Å². The molecule has 0 spiro atoms. The number of benzene rings is 1. The van der Waals surface area contributed by atoms with E-state index >= 15 is 0 Å². The number of carbonyl (C=O) groups is 1. The Bertz CT molecular complexity index is 1400. The number of likely N-dealkylation sites (tertiary alicyclic amines) is 1. The zero-order valence-electron chi connectivity index (χ0n) is 28.4. The Kier molecular flexibility index (Phi) is 13.3. The fourth-order valence-corrected chi connectivity index (χ4v) is 6.70. The lowest BCUT2D eigenvalue weighted by Crippen LogP contribution is -2.55. The number of aryl methyl sites for hydroxylation is 1. The molecular formula is C36H51N7O2S. The summed E-state index contributed by atoms with van der Waals surface area (Å²) in [5.41, 5.74) is 6.09. The van der Waals surface area contributed by atoms with Gasteiger partial charge in [-0.05, 0) is 83.2 Å². The monoisotopic (exact) mass is 645 g/mol. The number of allylic oxidation sites excluding steroid dienone is 1. The van der Waals surface area contributed by atoms with Gasteiger partial charge in [-0.15, -0.1) is 0 Å². The van der Waals surface area contributed by atoms with E-state index in [-0.39, 0.29) is 18.4 Å². The summed E-state index contributed by atoms with van der Waals surface area (Å²) in [5, 5.41) is 9.36. The van der Waals surface area contributed by atoms with Crippen molar-refractivity contribution in [1.29, 1.82) is 5.26 Å². The third-order valence-corrected chi connectivity index (χ3v) is 9.03. The fourth-order valence-electron chi connectivity index (χ4n) is 6.70. The number of ether oxygens (including phenoxy) is 1. The molecule has 0 N–H and O–H groups in total. The summed E-state index contributed by atoms with van der Waals surface area (Å²) in [7, 11) is 1.59. The van der Waals surface area contributed by atoms with Crippen molar-refractivity contribution in [2.75, 3.05) is 63.8 Å². The number of rotatable bonds is 6. The van der Waals surface area contributed by atoms with Crippen LogP contribution in [0.25, 0.3) is 5.70 Å². The first-order valence-corrected chi connectivity index (χ1v) is 18.1. The zero-order valence-corrected chi connectivity index (χ0v) is 29.2. The lowest BCUT2D eigenvalue weighted by molar-refractivity contribution is -0.128. The second-order valence-corrected chi connectivity index (χ2v) is 13.2. The molecule has 1 unspecified atom stereocenters. The van der Waals surface area contributed by atoms with E-state index in [0.29, 0.717) is 32.2 Å². The number of aromatic nitrogens is 2. The summed E-state index contributed by atoms with van der Waals surface area (Å²) in [4.78, 5) is 30.7. The maximum Gasteiger partial charge on any atom is 0.318 e. The molecule has 1 aromatic heterocycles. The average molecular weight is 646 g/mol. The second kappa shape index (κ2) is 17.4. The average Bonchev–Trinajstić information content (AvgIpc) is 3.64. The van der Waals surface area contributed by atoms with Crippen LogP contribution in [0.2, 0.25) is 0 Å². The number of methoxy groups -OCH3 is 1. The van der Waals surface area contributed by atoms with Crippen molar-refractivity contribution < 1.29 is 9.53 Å². The smallest absolute Gasteiger partial charge is 0.318 e. The molecule has 4 aliphatic rings. The van der Waals surface area contributed by atoms with Crippen molar-refractivity contribution >= 4 is 29.2 Å². The van der Waals surface area contributed by atoms with Crippen LogP contribution in [0.5, 0.6) is 6.01 Å². The molecule has 0 bridgehead atoms. The van der Waals surface area contributed by atoms with Gasteiger partial charge in [-0.25, -0.2) is 0 Å². The highest BCUT2D eigenvalue weighted by atomic mass is 32.2. The first-order valence-electron chi connectivity index (χ1n) is 16.5. The van der Waals surface area contributed by atoms with E-state index in [4.69, 9.17) is 14.7 Å². The highest BCUT2D eigenvalue weighted by molar-refractivity contribution is 7.97. The van der Waals surface area contributed by atoms with Crippen molar-refractivity contribution in [1.82, 2.24) is 24.7 Å². The molecule has 46 heavy (non-hydrogen) atoms. The van der Waals surface area contributed by atoms with Crippen LogP contribution in [0.1, 0.15) is 61.9 Å². The molecule has 6 rings (SSSR count). The van der Waals surface area contributed by atoms with Crippen LogP contribution in [-0.4, -0.2) is 102 Å². The minimum atomic E-state index is -0.208. The highest BCUT2D eigenvalue weighted by Crippen LogP contribution is 2.35. The van der Waals surface area contributed by atoms with Crippen LogP contribution in [0.4, 0.5) is 5.82 Å². The largest absolute Gasteiger partial charge is 0.467 e. The number of hydrogen-bond donors (Lipinski definition) is 0. The molecule has 9 nitrogen and oxygen atoms in total. The maximum atomic E-state index is 12.3. The number of hydrogen-bond acceptors (Lipinski definition) is 9. The molecule has 1 atom stereocenters. The third-order valence-electron chi connectivity index (χ3n) is 9.03. The minimum Gasteiger partial charge on any atom is -0.467 e. The van der Waals surface area contributed by atoms with Crippen LogP contribution < -0.4 is 9.64 Å². The van der Waals surface area contributed by atoms with Crippen molar-refractivity contribution in [3.05, 3.63) is 65.4 Å². The van der Waals surface area contributed by atoms with Gasteiger partial charge >= 0.3 is 6.01 Å². The highest BCUT2D eigenvalue weighted by Gasteiger charge is 2.33. The molecule has 2 fully saturated rings. The Morgan fingerprint density at radius 3 is 2.50 bits per heavy atom. The molecule has 2 saturated heterocycles. The summed E-state index contributed by atoms with van der Waals surface area (Å²) < 4.78 is 5.49. The van der Waals surface area contributed by atoms with E-state index in [1.54, 1.807) is 23.8 Å². The molecule has 2 aromatic rings. The Morgan fingerprint density at radius 2 is 1.85 bits per heavy atom. The Balaban J connectivity index is 0.000000373. The summed E-state index contributed by atoms with van der Waals surface area (Å²) in [5.74, 6) is 0.724. The second-order valence-electron chi connectivity index (χ2n) is 12.4. The molecule has 4 heterocycles. The van der Waals surface area contributed by atoms with Crippen LogP contribution in [-0.2, 0) is 24.2 Å². The molecule has 1 aliphatic carbocycles. The molecule has 0 saturated carbocycles. The van der Waals surface area contributed by atoms with Gasteiger partial charge in [0.2, 0.25) is 5.91 Å². The predicted octanol–water partition coefficient (Wildman–Crippen LogP) is 5.42. The van der Waals surface area contributed by atoms with Crippen LogP contribution in [0, 0.1) is 11.3 Å². The number of amides is 1. The van der Waals surface area contributed by atoms with Crippen LogP contribution in [0.15, 0.2) is 43.0 Å². The van der Waals surface area contributed by atoms with Crippen molar-refractivity contribution in [3.8, 4) is 12.1 Å². The zero-order chi connectivity index (χ0) is 33.1. The molecule has 248 valence electrons. The van der Waals surface area contributed by atoms with E-state index < -0.39 is 0 Å². The Labute approximate surface area is 280 Å². The van der Waals surface area contributed by atoms with Gasteiger partial charge < -0.3 is 24.3 Å². The van der Waals surface area contributed by atoms with Gasteiger partial charge in [0.25, 0.3) is 0 Å². The lowest BCUT2D eigenvalue weighted by Gasteiger charge is -2.42. The van der Waals surface area contributed by atoms with Gasteiger partial charge in [-0.1, -0.05) is 36.9 Å². The lowest BCUT2D eigenvalue weighted by atomic mass is 9.92. The SMILES string of the molecule is C=CC(=O)N1CCN(c2nc(OC)nc3c2CCN(C2=CCCc4ccccc42)C3)CC1CC#N.CC(C)N1CCCC1.CSC. The first kappa shape index (κ1) is 35.3. The van der Waals surface area contributed by atoms with Gasteiger partial charge in [-0.2, -0.15) is 27.0 Å². The third kappa shape index (κ3) is 8.62. The number of fused-ring (bicyclic) bond motifs is 2. The minimum absolute atomic E-state index is 0.135. The molecule has 1 aromatic carbocycles. The van der Waals surface area contributed by atoms with Gasteiger partial charge in [0.05, 0.1) is 37.9 Å². The number of thioether (sulfide) groups is 1. The fraction of sp³-hybridized carbons (Fsp3) is 0.556. The van der Waals surface area contributed by atoms with Crippen LogP contribution in [0.3, 0.4) is 0 Å².